The molecule has 0 aromatic carbocycles. The van der Waals surface area contributed by atoms with Crippen molar-refractivity contribution in [3.8, 4) is 0 Å². The Morgan fingerprint density at radius 2 is 1.73 bits per heavy atom. The molecule has 1 rings (SSSR count). The Morgan fingerprint density at radius 1 is 1.20 bits per heavy atom. The molecule has 2 amide bonds. The maximum absolute atomic E-state index is 11.4. The van der Waals surface area contributed by atoms with Crippen molar-refractivity contribution in [2.24, 2.45) is 0 Å². The third-order valence-corrected chi connectivity index (χ3v) is 1.91. The second-order valence-electron chi connectivity index (χ2n) is 2.47. The average molecular weight is 249 g/mol. The molecular weight excluding hydrogens is 243 g/mol. The summed E-state index contributed by atoms with van der Waals surface area (Å²) < 4.78 is 0. The molecule has 15 heavy (non-hydrogen) atoms. The zero-order chi connectivity index (χ0) is 11.4. The predicted molar refractivity (Wildman–Crippen MR) is 53.3 cm³/mol. The highest BCUT2D eigenvalue weighted by molar-refractivity contribution is 6.38. The Morgan fingerprint density at radius 3 is 2.20 bits per heavy atom. The maximum atomic E-state index is 11.4. The van der Waals surface area contributed by atoms with Gasteiger partial charge in [0.25, 0.3) is 5.91 Å². The Kier molecular flexibility index (Phi) is 3.81. The number of halogens is 2. The monoisotopic (exact) mass is 248 g/mol. The van der Waals surface area contributed by atoms with Crippen molar-refractivity contribution < 1.29 is 9.59 Å². The van der Waals surface area contributed by atoms with Crippen molar-refractivity contribution >= 4 is 35.0 Å². The van der Waals surface area contributed by atoms with Crippen LogP contribution in [0.4, 0.5) is 0 Å². The fraction of sp³-hybridized carbons (Fsp3) is 0.143. The minimum Gasteiger partial charge on any atom is -0.274 e. The summed E-state index contributed by atoms with van der Waals surface area (Å²) in [5.74, 6) is -1.10. The fourth-order valence-electron chi connectivity index (χ4n) is 0.739. The van der Waals surface area contributed by atoms with Gasteiger partial charge in [-0.2, -0.15) is 0 Å². The van der Waals surface area contributed by atoms with Crippen LogP contribution >= 0.6 is 23.2 Å². The van der Waals surface area contributed by atoms with Crippen LogP contribution in [-0.2, 0) is 4.79 Å². The average Bonchev–Trinajstić information content (AvgIpc) is 2.14. The molecule has 2 N–H and O–H groups in total. The van der Waals surface area contributed by atoms with Crippen LogP contribution in [0.2, 0.25) is 10.3 Å². The first-order valence-electron chi connectivity index (χ1n) is 3.75. The zero-order valence-electron chi connectivity index (χ0n) is 7.54. The molecule has 0 atom stereocenters. The molecule has 0 fully saturated rings. The summed E-state index contributed by atoms with van der Waals surface area (Å²) in [6, 6.07) is 0. The Balaban J connectivity index is 2.86. The first kappa shape index (κ1) is 11.7. The van der Waals surface area contributed by atoms with Gasteiger partial charge >= 0.3 is 0 Å². The van der Waals surface area contributed by atoms with E-state index >= 15 is 0 Å². The van der Waals surface area contributed by atoms with Crippen LogP contribution in [0, 0.1) is 0 Å². The highest BCUT2D eigenvalue weighted by atomic mass is 35.5. The Labute approximate surface area is 95.0 Å². The summed E-state index contributed by atoms with van der Waals surface area (Å²) in [7, 11) is 0. The molecule has 1 heterocycles. The molecule has 80 valence electrons. The minimum absolute atomic E-state index is 0.0853. The van der Waals surface area contributed by atoms with Gasteiger partial charge in [-0.15, -0.1) is 0 Å². The van der Waals surface area contributed by atoms with Crippen LogP contribution < -0.4 is 10.9 Å². The molecule has 0 aliphatic heterocycles. The molecule has 6 nitrogen and oxygen atoms in total. The third-order valence-electron chi connectivity index (χ3n) is 1.33. The number of carbonyl (C=O) groups is 2. The van der Waals surface area contributed by atoms with Crippen molar-refractivity contribution in [2.75, 3.05) is 0 Å². The first-order chi connectivity index (χ1) is 7.02. The molecule has 0 spiro atoms. The van der Waals surface area contributed by atoms with Gasteiger partial charge in [0.2, 0.25) is 5.91 Å². The summed E-state index contributed by atoms with van der Waals surface area (Å²) in [6.07, 6.45) is 1.12. The van der Waals surface area contributed by atoms with Crippen molar-refractivity contribution in [3.05, 3.63) is 22.2 Å². The number of nitrogens with zero attached hydrogens (tertiary/aromatic N) is 2. The number of amides is 2. The summed E-state index contributed by atoms with van der Waals surface area (Å²) >= 11 is 11.3. The van der Waals surface area contributed by atoms with Gasteiger partial charge in [-0.05, 0) is 0 Å². The second kappa shape index (κ2) is 4.90. The molecule has 1 aromatic heterocycles. The second-order valence-corrected chi connectivity index (χ2v) is 3.18. The molecular formula is C7H6Cl2N4O2. The third kappa shape index (κ3) is 3.03. The number of hydrazine groups is 1. The molecule has 0 bridgehead atoms. The molecule has 0 saturated heterocycles. The highest BCUT2D eigenvalue weighted by Gasteiger charge is 2.16. The highest BCUT2D eigenvalue weighted by Crippen LogP contribution is 2.18. The molecule has 0 radical (unpaired) electrons. The summed E-state index contributed by atoms with van der Waals surface area (Å²) in [5.41, 5.74) is 4.09. The summed E-state index contributed by atoms with van der Waals surface area (Å²) in [6.45, 7) is 1.24. The van der Waals surface area contributed by atoms with Crippen LogP contribution in [0.3, 0.4) is 0 Å². The maximum Gasteiger partial charge on any atom is 0.275 e. The van der Waals surface area contributed by atoms with E-state index in [1.165, 1.54) is 6.92 Å². The van der Waals surface area contributed by atoms with Crippen molar-refractivity contribution in [1.29, 1.82) is 0 Å². The van der Waals surface area contributed by atoms with Gasteiger partial charge in [0.05, 0.1) is 0 Å². The van der Waals surface area contributed by atoms with Crippen molar-refractivity contribution in [3.63, 3.8) is 0 Å². The molecule has 0 saturated carbocycles. The van der Waals surface area contributed by atoms with E-state index in [9.17, 15) is 9.59 Å². The van der Waals surface area contributed by atoms with E-state index in [4.69, 9.17) is 23.2 Å². The van der Waals surface area contributed by atoms with E-state index < -0.39 is 11.8 Å². The molecule has 0 aliphatic carbocycles. The van der Waals surface area contributed by atoms with Gasteiger partial charge in [-0.25, -0.2) is 9.97 Å². The van der Waals surface area contributed by atoms with Gasteiger partial charge in [-0.1, -0.05) is 23.2 Å². The van der Waals surface area contributed by atoms with Gasteiger partial charge in [-0.3, -0.25) is 20.4 Å². The van der Waals surface area contributed by atoms with E-state index in [-0.39, 0.29) is 15.9 Å². The molecule has 0 unspecified atom stereocenters. The summed E-state index contributed by atoms with van der Waals surface area (Å²) in [4.78, 5) is 29.1. The number of carbonyl (C=O) groups excluding carboxylic acids is 2. The first-order valence-corrected chi connectivity index (χ1v) is 4.51. The zero-order valence-corrected chi connectivity index (χ0v) is 9.06. The van der Waals surface area contributed by atoms with Gasteiger partial charge in [0.1, 0.15) is 22.2 Å². The van der Waals surface area contributed by atoms with Gasteiger partial charge in [0, 0.05) is 6.92 Å². The van der Waals surface area contributed by atoms with Gasteiger partial charge in [0.15, 0.2) is 0 Å². The van der Waals surface area contributed by atoms with Crippen molar-refractivity contribution in [2.45, 2.75) is 6.92 Å². The van der Waals surface area contributed by atoms with Crippen LogP contribution in [0.25, 0.3) is 0 Å². The molecule has 1 aromatic rings. The SMILES string of the molecule is CC(=O)NNC(=O)c1c(Cl)ncnc1Cl. The topological polar surface area (TPSA) is 84.0 Å². The van der Waals surface area contributed by atoms with E-state index in [0.717, 1.165) is 6.33 Å². The number of rotatable bonds is 1. The fourth-order valence-corrected chi connectivity index (χ4v) is 1.23. The van der Waals surface area contributed by atoms with Crippen LogP contribution in [0.15, 0.2) is 6.33 Å². The number of nitrogens with one attached hydrogen (secondary N) is 2. The Bertz CT molecular complexity index is 390. The standard InChI is InChI=1S/C7H6Cl2N4O2/c1-3(14)12-13-7(15)4-5(8)10-2-11-6(4)9/h2H,1H3,(H,12,14)(H,13,15). The van der Waals surface area contributed by atoms with E-state index in [0.29, 0.717) is 0 Å². The molecule has 0 aliphatic rings. The lowest BCUT2D eigenvalue weighted by atomic mass is 10.3. The number of hydrogen-bond donors (Lipinski definition) is 2. The van der Waals surface area contributed by atoms with Crippen LogP contribution in [0.1, 0.15) is 17.3 Å². The quantitative estimate of drug-likeness (QED) is 0.562. The normalized spacial score (nSPS) is 9.53. The Hall–Kier alpha value is -1.40. The minimum atomic E-state index is -0.680. The smallest absolute Gasteiger partial charge is 0.274 e. The largest absolute Gasteiger partial charge is 0.275 e. The summed E-state index contributed by atoms with van der Waals surface area (Å²) in [5, 5.41) is -0.171. The van der Waals surface area contributed by atoms with Crippen LogP contribution in [0.5, 0.6) is 0 Å². The van der Waals surface area contributed by atoms with Crippen molar-refractivity contribution in [1.82, 2.24) is 20.8 Å². The molecule has 8 heteroatoms. The number of aromatic nitrogens is 2. The van der Waals surface area contributed by atoms with E-state index in [1.807, 2.05) is 0 Å². The van der Waals surface area contributed by atoms with Crippen LogP contribution in [-0.4, -0.2) is 21.8 Å². The lowest BCUT2D eigenvalue weighted by Crippen LogP contribution is -2.40. The predicted octanol–water partition coefficient (Wildman–Crippen LogP) is 0.564. The van der Waals surface area contributed by atoms with E-state index in [1.54, 1.807) is 0 Å². The number of hydrogen-bond acceptors (Lipinski definition) is 4. The lowest BCUT2D eigenvalue weighted by Gasteiger charge is -2.06. The van der Waals surface area contributed by atoms with Gasteiger partial charge < -0.3 is 0 Å². The lowest BCUT2D eigenvalue weighted by molar-refractivity contribution is -0.119. The van der Waals surface area contributed by atoms with E-state index in [2.05, 4.69) is 20.8 Å².